The Morgan fingerprint density at radius 3 is 2.29 bits per heavy atom. The largest absolute Gasteiger partial charge is 0.294 e. The van der Waals surface area contributed by atoms with E-state index in [1.807, 2.05) is 12.1 Å². The minimum atomic E-state index is -2.30. The van der Waals surface area contributed by atoms with Gasteiger partial charge in [-0.2, -0.15) is 4.31 Å². The summed E-state index contributed by atoms with van der Waals surface area (Å²) in [5.41, 5.74) is 2.16. The van der Waals surface area contributed by atoms with Gasteiger partial charge in [-0.15, -0.1) is 0 Å². The van der Waals surface area contributed by atoms with E-state index in [-0.39, 0.29) is 18.6 Å². The molecule has 6 nitrogen and oxygen atoms in total. The highest BCUT2D eigenvalue weighted by molar-refractivity contribution is 7.76. The van der Waals surface area contributed by atoms with E-state index in [9.17, 15) is 17.5 Å². The summed E-state index contributed by atoms with van der Waals surface area (Å²) in [5, 5.41) is 0.623. The van der Waals surface area contributed by atoms with Crippen molar-refractivity contribution in [3.63, 3.8) is 0 Å². The summed E-state index contributed by atoms with van der Waals surface area (Å²) in [6.45, 7) is 0.912. The third kappa shape index (κ3) is 5.13. The zero-order valence-corrected chi connectivity index (χ0v) is 17.8. The van der Waals surface area contributed by atoms with Crippen LogP contribution in [0.15, 0.2) is 61.2 Å². The number of nitrogens with zero attached hydrogens (tertiary/aromatic N) is 4. The van der Waals surface area contributed by atoms with Crippen LogP contribution >= 0.6 is 11.6 Å². The van der Waals surface area contributed by atoms with E-state index in [2.05, 4.69) is 14.9 Å². The number of aromatic nitrogens is 2. The van der Waals surface area contributed by atoms with Crippen LogP contribution in [0.2, 0.25) is 5.02 Å². The topological polar surface area (TPSA) is 69.6 Å². The van der Waals surface area contributed by atoms with E-state index in [0.717, 1.165) is 29.3 Å². The molecule has 0 saturated carbocycles. The fraction of sp³-hybridized carbons (Fsp3) is 0.238. The summed E-state index contributed by atoms with van der Waals surface area (Å²) < 4.78 is 50.1. The summed E-state index contributed by atoms with van der Waals surface area (Å²) in [6.07, 6.45) is 4.92. The van der Waals surface area contributed by atoms with E-state index in [1.165, 1.54) is 10.6 Å². The maximum absolute atomic E-state index is 13.5. The van der Waals surface area contributed by atoms with Gasteiger partial charge < -0.3 is 0 Å². The van der Waals surface area contributed by atoms with Gasteiger partial charge in [0.15, 0.2) is 0 Å². The Kier molecular flexibility index (Phi) is 6.68. The minimum absolute atomic E-state index is 0.0453. The highest BCUT2D eigenvalue weighted by Crippen LogP contribution is 2.34. The fourth-order valence-electron chi connectivity index (χ4n) is 3.79. The molecule has 10 heteroatoms. The molecular weight excluding hydrogens is 446 g/mol. The molecule has 0 bridgehead atoms. The highest BCUT2D eigenvalue weighted by atomic mass is 35.5. The molecule has 1 unspecified atom stereocenters. The number of likely N-dealkylation sites (tertiary alicyclic amines) is 1. The Balaban J connectivity index is 1.53. The quantitative estimate of drug-likeness (QED) is 0.538. The molecule has 1 fully saturated rings. The number of hydrogen-bond acceptors (Lipinski definition) is 4. The molecule has 1 N–H and O–H groups in total. The molecule has 4 rings (SSSR count). The molecule has 0 aliphatic carbocycles. The highest BCUT2D eigenvalue weighted by Gasteiger charge is 2.39. The summed E-state index contributed by atoms with van der Waals surface area (Å²) >= 11 is 3.73. The van der Waals surface area contributed by atoms with Crippen LogP contribution in [0, 0.1) is 11.6 Å². The van der Waals surface area contributed by atoms with Crippen molar-refractivity contribution in [3.8, 4) is 0 Å². The number of hydrogen-bond donors (Lipinski definition) is 1. The standard InChI is InChI=1S/C21H19ClF2N4O2S/c22-17-3-1-15(2-4-17)21(16-8-25-13-26-9-16)27-11-20(12-27)28(31(29)30)10-14-5-18(23)7-19(24)6-14/h1-9,13,20-21H,10-12H2,(H,29,30)/t21-/m0/s1. The smallest absolute Gasteiger partial charge is 0.235 e. The van der Waals surface area contributed by atoms with Crippen LogP contribution in [0.25, 0.3) is 0 Å². The minimum Gasteiger partial charge on any atom is -0.294 e. The van der Waals surface area contributed by atoms with E-state index in [4.69, 9.17) is 11.6 Å². The lowest BCUT2D eigenvalue weighted by molar-refractivity contribution is 0.0495. The summed E-state index contributed by atoms with van der Waals surface area (Å²) in [5.74, 6) is -1.44. The number of halogens is 3. The molecule has 1 aliphatic rings. The maximum atomic E-state index is 13.5. The fourth-order valence-corrected chi connectivity index (χ4v) is 4.56. The molecule has 31 heavy (non-hydrogen) atoms. The molecule has 2 atom stereocenters. The summed E-state index contributed by atoms with van der Waals surface area (Å²) in [6, 6.07) is 10.1. The lowest BCUT2D eigenvalue weighted by Gasteiger charge is -2.47. The molecule has 0 spiro atoms. The van der Waals surface area contributed by atoms with Crippen LogP contribution in [0.3, 0.4) is 0 Å². The van der Waals surface area contributed by atoms with Crippen molar-refractivity contribution in [2.45, 2.75) is 18.6 Å². The first-order valence-electron chi connectivity index (χ1n) is 9.47. The molecule has 2 aromatic carbocycles. The van der Waals surface area contributed by atoms with Crippen molar-refractivity contribution in [2.75, 3.05) is 13.1 Å². The van der Waals surface area contributed by atoms with Crippen molar-refractivity contribution < 1.29 is 17.5 Å². The second-order valence-corrected chi connectivity index (χ2v) is 8.68. The van der Waals surface area contributed by atoms with Crippen molar-refractivity contribution in [1.82, 2.24) is 19.2 Å². The Bertz CT molecular complexity index is 1050. The molecule has 3 aromatic rings. The average molecular weight is 465 g/mol. The summed E-state index contributed by atoms with van der Waals surface area (Å²) in [7, 11) is 0. The zero-order chi connectivity index (χ0) is 22.0. The van der Waals surface area contributed by atoms with Crippen LogP contribution in [0.4, 0.5) is 8.78 Å². The van der Waals surface area contributed by atoms with Gasteiger partial charge in [0.2, 0.25) is 11.3 Å². The molecule has 162 valence electrons. The Labute approximate surface area is 185 Å². The van der Waals surface area contributed by atoms with Gasteiger partial charge in [0.1, 0.15) is 18.0 Å². The second-order valence-electron chi connectivity index (χ2n) is 7.32. The molecular formula is C21H19ClF2N4O2S. The lowest BCUT2D eigenvalue weighted by Crippen LogP contribution is -2.60. The van der Waals surface area contributed by atoms with Crippen molar-refractivity contribution in [1.29, 1.82) is 0 Å². The number of benzene rings is 2. The average Bonchev–Trinajstić information content (AvgIpc) is 2.70. The molecule has 0 amide bonds. The Hall–Kier alpha value is -2.30. The monoisotopic (exact) mass is 464 g/mol. The van der Waals surface area contributed by atoms with Crippen LogP contribution in [0.1, 0.15) is 22.7 Å². The van der Waals surface area contributed by atoms with Crippen molar-refractivity contribution >= 4 is 22.9 Å². The van der Waals surface area contributed by atoms with Crippen LogP contribution in [0.5, 0.6) is 0 Å². The molecule has 1 saturated heterocycles. The first kappa shape index (κ1) is 21.9. The summed E-state index contributed by atoms with van der Waals surface area (Å²) in [4.78, 5) is 10.3. The van der Waals surface area contributed by atoms with E-state index >= 15 is 0 Å². The first-order chi connectivity index (χ1) is 14.9. The Morgan fingerprint density at radius 1 is 1.10 bits per heavy atom. The van der Waals surface area contributed by atoms with E-state index < -0.39 is 22.9 Å². The van der Waals surface area contributed by atoms with Crippen LogP contribution in [-0.4, -0.2) is 47.1 Å². The lowest BCUT2D eigenvalue weighted by atomic mass is 9.94. The molecule has 1 aromatic heterocycles. The SMILES string of the molecule is O=S(O)N(Cc1cc(F)cc(F)c1)C1CN([C@@H](c2ccc(Cl)cc2)c2cncnc2)C1. The predicted molar refractivity (Wildman–Crippen MR) is 113 cm³/mol. The van der Waals surface area contributed by atoms with E-state index in [0.29, 0.717) is 23.7 Å². The van der Waals surface area contributed by atoms with Gasteiger partial charge in [0.05, 0.1) is 12.1 Å². The third-order valence-corrected chi connectivity index (χ3v) is 6.29. The normalized spacial score (nSPS) is 16.8. The third-order valence-electron chi connectivity index (χ3n) is 5.21. The maximum Gasteiger partial charge on any atom is 0.235 e. The van der Waals surface area contributed by atoms with Crippen LogP contribution in [-0.2, 0) is 17.8 Å². The first-order valence-corrected chi connectivity index (χ1v) is 10.9. The van der Waals surface area contributed by atoms with Crippen LogP contribution < -0.4 is 0 Å². The van der Waals surface area contributed by atoms with Crippen molar-refractivity contribution in [2.24, 2.45) is 0 Å². The predicted octanol–water partition coefficient (Wildman–Crippen LogP) is 3.82. The zero-order valence-electron chi connectivity index (χ0n) is 16.2. The number of rotatable bonds is 7. The van der Waals surface area contributed by atoms with Gasteiger partial charge in [-0.25, -0.2) is 23.0 Å². The van der Waals surface area contributed by atoms with Gasteiger partial charge in [-0.3, -0.25) is 9.45 Å². The Morgan fingerprint density at radius 2 is 1.71 bits per heavy atom. The molecule has 1 aliphatic heterocycles. The van der Waals surface area contributed by atoms with Gasteiger partial charge in [0.25, 0.3) is 0 Å². The van der Waals surface area contributed by atoms with Gasteiger partial charge in [-0.05, 0) is 35.4 Å². The molecule has 0 radical (unpaired) electrons. The van der Waals surface area contributed by atoms with Gasteiger partial charge in [-0.1, -0.05) is 23.7 Å². The van der Waals surface area contributed by atoms with Crippen molar-refractivity contribution in [3.05, 3.63) is 94.5 Å². The molecule has 2 heterocycles. The second kappa shape index (κ2) is 9.46. The van der Waals surface area contributed by atoms with Gasteiger partial charge in [0, 0.05) is 48.7 Å². The van der Waals surface area contributed by atoms with E-state index in [1.54, 1.807) is 24.5 Å². The van der Waals surface area contributed by atoms with Gasteiger partial charge >= 0.3 is 0 Å².